The van der Waals surface area contributed by atoms with E-state index in [9.17, 15) is 4.79 Å². The monoisotopic (exact) mass is 584 g/mol. The molecule has 43 heavy (non-hydrogen) atoms. The third-order valence-electron chi connectivity index (χ3n) is 6.44. The summed E-state index contributed by atoms with van der Waals surface area (Å²) < 4.78 is 39.1. The summed E-state index contributed by atoms with van der Waals surface area (Å²) in [6.45, 7) is 4.41. The lowest BCUT2D eigenvalue weighted by atomic mass is 10.1. The van der Waals surface area contributed by atoms with Crippen LogP contribution < -0.4 is 14.2 Å². The van der Waals surface area contributed by atoms with Crippen molar-refractivity contribution in [3.8, 4) is 29.2 Å². The number of ether oxygens (including phenoxy) is 6. The first-order valence-electron chi connectivity index (χ1n) is 13.9. The van der Waals surface area contributed by atoms with E-state index in [0.717, 1.165) is 16.7 Å². The maximum absolute atomic E-state index is 11.5. The van der Waals surface area contributed by atoms with Gasteiger partial charge in [-0.1, -0.05) is 43.2 Å². The van der Waals surface area contributed by atoms with E-state index in [4.69, 9.17) is 33.1 Å². The number of carbonyl (C=O) groups is 1. The van der Waals surface area contributed by atoms with Crippen LogP contribution >= 0.6 is 0 Å². The van der Waals surface area contributed by atoms with Crippen LogP contribution in [0.25, 0.3) is 0 Å². The molecular weight excluding hydrogens is 552 g/mol. The van der Waals surface area contributed by atoms with Crippen molar-refractivity contribution in [1.82, 2.24) is 9.97 Å². The van der Waals surface area contributed by atoms with Crippen LogP contribution in [0.15, 0.2) is 71.3 Å². The third kappa shape index (κ3) is 8.35. The lowest BCUT2D eigenvalue weighted by molar-refractivity contribution is -0.102. The van der Waals surface area contributed by atoms with E-state index in [0.29, 0.717) is 62.5 Å². The molecule has 3 heterocycles. The average Bonchev–Trinajstić information content (AvgIpc) is 3.54. The number of oxazole rings is 1. The predicted octanol–water partition coefficient (Wildman–Crippen LogP) is 4.77. The predicted molar refractivity (Wildman–Crippen MR) is 155 cm³/mol. The second-order valence-electron chi connectivity index (χ2n) is 9.47. The van der Waals surface area contributed by atoms with E-state index in [-0.39, 0.29) is 24.3 Å². The summed E-state index contributed by atoms with van der Waals surface area (Å²) in [4.78, 5) is 20.3. The highest BCUT2D eigenvalue weighted by molar-refractivity contribution is 5.86. The fraction of sp³-hybridized carbons (Fsp3) is 0.303. The fourth-order valence-corrected chi connectivity index (χ4v) is 4.21. The first kappa shape index (κ1) is 29.6. The van der Waals surface area contributed by atoms with Crippen LogP contribution in [0.2, 0.25) is 0 Å². The Morgan fingerprint density at radius 2 is 1.81 bits per heavy atom. The number of esters is 1. The molecule has 0 spiro atoms. The second kappa shape index (κ2) is 14.9. The largest absolute Gasteiger partial charge is 0.488 e. The second-order valence-corrected chi connectivity index (χ2v) is 9.47. The standard InChI is InChI=1S/C33H32N2O8/c1-3-27-28(14-11-23-9-12-25(13-10-23)40-22-32-35-29(21-43-32)33(36)37-2)34-31(42-20-26-19-38-15-16-39-26)17-30(27)41-18-24-7-5-4-6-8-24/h4-10,12-13,17,21,26H,3,15-16,18-20,22H2,1-2H3. The smallest absolute Gasteiger partial charge is 0.360 e. The van der Waals surface area contributed by atoms with E-state index in [1.54, 1.807) is 12.1 Å². The summed E-state index contributed by atoms with van der Waals surface area (Å²) in [7, 11) is 1.28. The maximum atomic E-state index is 11.5. The van der Waals surface area contributed by atoms with Crippen LogP contribution in [0.3, 0.4) is 0 Å². The molecule has 1 aliphatic rings. The molecule has 1 unspecified atom stereocenters. The molecule has 10 heteroatoms. The number of carbonyl (C=O) groups excluding carboxylic acids is 1. The minimum Gasteiger partial charge on any atom is -0.488 e. The molecule has 0 bridgehead atoms. The Kier molecular flexibility index (Phi) is 10.2. The van der Waals surface area contributed by atoms with Crippen molar-refractivity contribution in [3.05, 3.63) is 101 Å². The Morgan fingerprint density at radius 1 is 0.977 bits per heavy atom. The van der Waals surface area contributed by atoms with Gasteiger partial charge in [0.2, 0.25) is 11.8 Å². The van der Waals surface area contributed by atoms with Crippen LogP contribution in [0.1, 0.15) is 45.7 Å². The van der Waals surface area contributed by atoms with Crippen molar-refractivity contribution < 1.29 is 37.6 Å². The van der Waals surface area contributed by atoms with Crippen molar-refractivity contribution >= 4 is 5.97 Å². The zero-order valence-electron chi connectivity index (χ0n) is 24.0. The van der Waals surface area contributed by atoms with Gasteiger partial charge in [-0.3, -0.25) is 0 Å². The highest BCUT2D eigenvalue weighted by Crippen LogP contribution is 2.28. The molecule has 0 aliphatic carbocycles. The molecule has 0 amide bonds. The van der Waals surface area contributed by atoms with E-state index < -0.39 is 5.97 Å². The van der Waals surface area contributed by atoms with Gasteiger partial charge in [-0.15, -0.1) is 0 Å². The minimum absolute atomic E-state index is 0.0579. The molecule has 1 atom stereocenters. The van der Waals surface area contributed by atoms with Crippen LogP contribution in [0, 0.1) is 11.8 Å². The summed E-state index contributed by atoms with van der Waals surface area (Å²) in [5.41, 5.74) is 3.38. The van der Waals surface area contributed by atoms with Crippen molar-refractivity contribution in [2.75, 3.05) is 33.5 Å². The number of hydrogen-bond donors (Lipinski definition) is 0. The van der Waals surface area contributed by atoms with Gasteiger partial charge >= 0.3 is 5.97 Å². The Hall–Kier alpha value is -4.85. The topological polar surface area (TPSA) is 111 Å². The molecule has 222 valence electrons. The number of rotatable bonds is 11. The number of pyridine rings is 1. The Bertz CT molecular complexity index is 1550. The molecule has 2 aromatic carbocycles. The molecule has 0 radical (unpaired) electrons. The van der Waals surface area contributed by atoms with Crippen LogP contribution in [0.5, 0.6) is 17.4 Å². The molecule has 1 aliphatic heterocycles. The maximum Gasteiger partial charge on any atom is 0.360 e. The summed E-state index contributed by atoms with van der Waals surface area (Å²) in [6.07, 6.45) is 1.74. The van der Waals surface area contributed by atoms with E-state index in [2.05, 4.69) is 21.6 Å². The Labute approximate surface area is 249 Å². The van der Waals surface area contributed by atoms with Gasteiger partial charge in [0.15, 0.2) is 12.3 Å². The molecule has 0 N–H and O–H groups in total. The number of nitrogens with zero attached hydrogens (tertiary/aromatic N) is 2. The number of hydrogen-bond acceptors (Lipinski definition) is 10. The van der Waals surface area contributed by atoms with E-state index in [1.807, 2.05) is 55.5 Å². The molecule has 5 rings (SSSR count). The molecule has 1 fully saturated rings. The summed E-state index contributed by atoms with van der Waals surface area (Å²) in [5, 5.41) is 0. The summed E-state index contributed by atoms with van der Waals surface area (Å²) >= 11 is 0. The van der Waals surface area contributed by atoms with Crippen LogP contribution in [-0.4, -0.2) is 55.6 Å². The van der Waals surface area contributed by atoms with Gasteiger partial charge in [0, 0.05) is 17.2 Å². The summed E-state index contributed by atoms with van der Waals surface area (Å²) in [6, 6.07) is 19.1. The molecular formula is C33H32N2O8. The van der Waals surface area contributed by atoms with E-state index >= 15 is 0 Å². The average molecular weight is 585 g/mol. The summed E-state index contributed by atoms with van der Waals surface area (Å²) in [5.74, 6) is 7.76. The molecule has 2 aromatic heterocycles. The SMILES string of the molecule is CCc1c(OCc2ccccc2)cc(OCC2COCCO2)nc1C#Cc1ccc(OCc2nc(C(=O)OC)co2)cc1. The highest BCUT2D eigenvalue weighted by atomic mass is 16.6. The van der Waals surface area contributed by atoms with Gasteiger partial charge in [-0.25, -0.2) is 14.8 Å². The zero-order chi connectivity index (χ0) is 29.9. The van der Waals surface area contributed by atoms with Crippen molar-refractivity contribution in [2.24, 2.45) is 0 Å². The van der Waals surface area contributed by atoms with Crippen molar-refractivity contribution in [2.45, 2.75) is 32.7 Å². The van der Waals surface area contributed by atoms with Crippen LogP contribution in [-0.2, 0) is 33.8 Å². The molecule has 1 saturated heterocycles. The molecule has 0 saturated carbocycles. The first-order valence-corrected chi connectivity index (χ1v) is 13.9. The van der Waals surface area contributed by atoms with Gasteiger partial charge in [0.25, 0.3) is 0 Å². The third-order valence-corrected chi connectivity index (χ3v) is 6.44. The number of benzene rings is 2. The fourth-order valence-electron chi connectivity index (χ4n) is 4.21. The Balaban J connectivity index is 1.30. The van der Waals surface area contributed by atoms with Gasteiger partial charge in [0.05, 0.1) is 26.9 Å². The highest BCUT2D eigenvalue weighted by Gasteiger charge is 2.18. The lowest BCUT2D eigenvalue weighted by Gasteiger charge is -2.23. The van der Waals surface area contributed by atoms with E-state index in [1.165, 1.54) is 13.4 Å². The van der Waals surface area contributed by atoms with Gasteiger partial charge in [-0.05, 0) is 42.2 Å². The molecule has 10 nitrogen and oxygen atoms in total. The van der Waals surface area contributed by atoms with Gasteiger partial charge in [-0.2, -0.15) is 0 Å². The van der Waals surface area contributed by atoms with Crippen molar-refractivity contribution in [3.63, 3.8) is 0 Å². The van der Waals surface area contributed by atoms with Crippen LogP contribution in [0.4, 0.5) is 0 Å². The minimum atomic E-state index is -0.571. The Morgan fingerprint density at radius 3 is 2.56 bits per heavy atom. The van der Waals surface area contributed by atoms with Crippen molar-refractivity contribution in [1.29, 1.82) is 0 Å². The van der Waals surface area contributed by atoms with Gasteiger partial charge in [0.1, 0.15) is 42.8 Å². The van der Waals surface area contributed by atoms with Gasteiger partial charge < -0.3 is 32.8 Å². The normalized spacial score (nSPS) is 14.3. The lowest BCUT2D eigenvalue weighted by Crippen LogP contribution is -2.33. The number of aromatic nitrogens is 2. The zero-order valence-corrected chi connectivity index (χ0v) is 24.0. The quantitative estimate of drug-likeness (QED) is 0.181. The first-order chi connectivity index (χ1) is 21.1. The number of methoxy groups -OCH3 is 1. The molecule has 4 aromatic rings.